The smallest absolute Gasteiger partial charge is 0.305 e. The van der Waals surface area contributed by atoms with Crippen molar-refractivity contribution in [3.63, 3.8) is 0 Å². The highest BCUT2D eigenvalue weighted by Gasteiger charge is 2.22. The first-order valence-corrected chi connectivity index (χ1v) is 13.4. The van der Waals surface area contributed by atoms with Crippen LogP contribution in [0, 0.1) is 13.8 Å². The lowest BCUT2D eigenvalue weighted by molar-refractivity contribution is -0.141. The van der Waals surface area contributed by atoms with E-state index in [1.165, 1.54) is 14.2 Å². The van der Waals surface area contributed by atoms with Gasteiger partial charge in [0.1, 0.15) is 0 Å². The first kappa shape index (κ1) is 27.1. The summed E-state index contributed by atoms with van der Waals surface area (Å²) in [6, 6.07) is 12.4. The molecule has 2 aliphatic rings. The van der Waals surface area contributed by atoms with Gasteiger partial charge in [-0.1, -0.05) is 0 Å². The molecule has 0 aromatic carbocycles. The van der Waals surface area contributed by atoms with Crippen LogP contribution >= 0.6 is 0 Å². The molecular weight excluding hydrogens is 504 g/mol. The SMILES string of the molecule is COC(=O)CCC1=C(C)c2cc3cc(C)c(cc4cc(C)c(cc5nc(cc1n2)C(CCC(=O)OC)=C5C)[nH]4)[nH]3. The number of aromatic amines is 2. The minimum atomic E-state index is -0.269. The van der Waals surface area contributed by atoms with Crippen molar-refractivity contribution in [2.75, 3.05) is 14.2 Å². The maximum atomic E-state index is 12.0. The number of fused-ring (bicyclic) bond motifs is 8. The summed E-state index contributed by atoms with van der Waals surface area (Å²) in [5.41, 5.74) is 13.3. The summed E-state index contributed by atoms with van der Waals surface area (Å²) in [7, 11) is 2.80. The summed E-state index contributed by atoms with van der Waals surface area (Å²) in [5.74, 6) is -0.539. The number of allylic oxidation sites excluding steroid dienone is 4. The van der Waals surface area contributed by atoms with E-state index in [4.69, 9.17) is 19.4 Å². The molecule has 2 aliphatic heterocycles. The van der Waals surface area contributed by atoms with Crippen LogP contribution in [0.1, 0.15) is 73.4 Å². The monoisotopic (exact) mass is 538 g/mol. The van der Waals surface area contributed by atoms with E-state index in [1.807, 2.05) is 26.0 Å². The van der Waals surface area contributed by atoms with Crippen LogP contribution in [-0.4, -0.2) is 46.1 Å². The van der Waals surface area contributed by atoms with Crippen molar-refractivity contribution in [3.05, 3.63) is 70.3 Å². The van der Waals surface area contributed by atoms with E-state index in [0.29, 0.717) is 12.8 Å². The summed E-state index contributed by atoms with van der Waals surface area (Å²) >= 11 is 0. The molecule has 5 heterocycles. The third-order valence-corrected chi connectivity index (χ3v) is 7.69. The topological polar surface area (TPSA) is 110 Å². The van der Waals surface area contributed by atoms with Gasteiger partial charge in [0.25, 0.3) is 0 Å². The Morgan fingerprint density at radius 3 is 1.57 bits per heavy atom. The van der Waals surface area contributed by atoms with Crippen LogP contribution in [0.5, 0.6) is 0 Å². The third kappa shape index (κ3) is 5.34. The van der Waals surface area contributed by atoms with Gasteiger partial charge in [0.15, 0.2) is 0 Å². The zero-order valence-corrected chi connectivity index (χ0v) is 23.8. The van der Waals surface area contributed by atoms with Crippen LogP contribution in [0.2, 0.25) is 0 Å². The van der Waals surface area contributed by atoms with Gasteiger partial charge in [0.2, 0.25) is 0 Å². The van der Waals surface area contributed by atoms with E-state index >= 15 is 0 Å². The molecule has 206 valence electrons. The Morgan fingerprint density at radius 1 is 0.625 bits per heavy atom. The molecule has 0 amide bonds. The average molecular weight is 539 g/mol. The molecule has 5 rings (SSSR count). The highest BCUT2D eigenvalue weighted by atomic mass is 16.5. The molecule has 3 aromatic rings. The fourth-order valence-electron chi connectivity index (χ4n) is 5.29. The summed E-state index contributed by atoms with van der Waals surface area (Å²) in [6.45, 7) is 8.22. The molecule has 2 N–H and O–H groups in total. The molecule has 0 radical (unpaired) electrons. The van der Waals surface area contributed by atoms with Crippen LogP contribution in [0.15, 0.2) is 36.4 Å². The van der Waals surface area contributed by atoms with E-state index in [0.717, 1.165) is 78.3 Å². The first-order valence-electron chi connectivity index (χ1n) is 13.4. The molecule has 8 heteroatoms. The molecule has 8 nitrogen and oxygen atoms in total. The summed E-state index contributed by atoms with van der Waals surface area (Å²) in [6.07, 6.45) is 1.49. The Kier molecular flexibility index (Phi) is 7.43. The summed E-state index contributed by atoms with van der Waals surface area (Å²) in [5, 5.41) is 0. The minimum absolute atomic E-state index is 0.250. The second kappa shape index (κ2) is 11.0. The second-order valence-electron chi connectivity index (χ2n) is 10.3. The predicted molar refractivity (Wildman–Crippen MR) is 158 cm³/mol. The number of aryl methyl sites for hydroxylation is 2. The van der Waals surface area contributed by atoms with Gasteiger partial charge in [-0.3, -0.25) is 9.59 Å². The fourth-order valence-corrected chi connectivity index (χ4v) is 5.29. The summed E-state index contributed by atoms with van der Waals surface area (Å²) in [4.78, 5) is 41.1. The molecule has 0 atom stereocenters. The van der Waals surface area contributed by atoms with E-state index in [-0.39, 0.29) is 24.8 Å². The van der Waals surface area contributed by atoms with Crippen molar-refractivity contribution in [1.29, 1.82) is 0 Å². The largest absolute Gasteiger partial charge is 0.469 e. The van der Waals surface area contributed by atoms with Gasteiger partial charge in [-0.25, -0.2) is 9.97 Å². The number of hydrogen-bond acceptors (Lipinski definition) is 6. The van der Waals surface area contributed by atoms with Crippen molar-refractivity contribution < 1.29 is 19.1 Å². The highest BCUT2D eigenvalue weighted by molar-refractivity contribution is 5.96. The maximum Gasteiger partial charge on any atom is 0.305 e. The molecule has 40 heavy (non-hydrogen) atoms. The van der Waals surface area contributed by atoms with Crippen LogP contribution < -0.4 is 0 Å². The lowest BCUT2D eigenvalue weighted by Crippen LogP contribution is -2.01. The number of rotatable bonds is 6. The number of carbonyl (C=O) groups excluding carboxylic acids is 2. The molecule has 0 spiro atoms. The fraction of sp³-hybridized carbons (Fsp3) is 0.312. The number of hydrogen-bond donors (Lipinski definition) is 2. The minimum Gasteiger partial charge on any atom is -0.469 e. The molecule has 0 unspecified atom stereocenters. The number of aromatic nitrogens is 4. The zero-order valence-electron chi connectivity index (χ0n) is 23.8. The summed E-state index contributed by atoms with van der Waals surface area (Å²) < 4.78 is 9.82. The maximum absolute atomic E-state index is 12.0. The Hall–Kier alpha value is -4.46. The quantitative estimate of drug-likeness (QED) is 0.338. The molecular formula is C32H34N4O4. The highest BCUT2D eigenvalue weighted by Crippen LogP contribution is 2.37. The van der Waals surface area contributed by atoms with Crippen molar-refractivity contribution in [1.82, 2.24) is 19.9 Å². The number of esters is 2. The molecule has 0 saturated carbocycles. The zero-order chi connectivity index (χ0) is 28.6. The lowest BCUT2D eigenvalue weighted by Gasteiger charge is -2.06. The van der Waals surface area contributed by atoms with E-state index in [9.17, 15) is 9.59 Å². The molecule has 3 aromatic heterocycles. The van der Waals surface area contributed by atoms with Gasteiger partial charge in [0.05, 0.1) is 37.0 Å². The second-order valence-corrected chi connectivity index (χ2v) is 10.3. The first-order chi connectivity index (χ1) is 19.2. The van der Waals surface area contributed by atoms with Crippen LogP contribution in [-0.2, 0) is 19.1 Å². The van der Waals surface area contributed by atoms with Gasteiger partial charge in [-0.2, -0.15) is 0 Å². The Bertz CT molecular complexity index is 1750. The van der Waals surface area contributed by atoms with Gasteiger partial charge < -0.3 is 19.4 Å². The molecule has 8 bridgehead atoms. The van der Waals surface area contributed by atoms with E-state index in [1.54, 1.807) is 0 Å². The van der Waals surface area contributed by atoms with Crippen molar-refractivity contribution in [3.8, 4) is 0 Å². The number of methoxy groups -OCH3 is 2. The normalized spacial score (nSPS) is 13.2. The van der Waals surface area contributed by atoms with Gasteiger partial charge in [-0.15, -0.1) is 0 Å². The van der Waals surface area contributed by atoms with Crippen LogP contribution in [0.25, 0.3) is 44.4 Å². The standard InChI is InChI=1S/C32H34N4O4/c1-17-11-22-14-27-19(3)23(7-9-31(37)39-5)29(35-27)16-30-24(8-10-32(38)40-6)20(4)28(36-30)15-26-18(2)12-21(34-26)13-25(17)33-22/h11-16,33-34H,7-10H2,1-6H3. The van der Waals surface area contributed by atoms with Crippen molar-refractivity contribution in [2.24, 2.45) is 0 Å². The Morgan fingerprint density at radius 2 is 1.07 bits per heavy atom. The number of carbonyl (C=O) groups is 2. The van der Waals surface area contributed by atoms with E-state index < -0.39 is 0 Å². The molecule has 0 saturated heterocycles. The van der Waals surface area contributed by atoms with Crippen LogP contribution in [0.4, 0.5) is 0 Å². The number of H-pyrrole nitrogens is 2. The molecule has 0 fully saturated rings. The van der Waals surface area contributed by atoms with Crippen molar-refractivity contribution in [2.45, 2.75) is 53.4 Å². The average Bonchev–Trinajstić information content (AvgIpc) is 3.62. The lowest BCUT2D eigenvalue weighted by atomic mass is 9.98. The van der Waals surface area contributed by atoms with Crippen molar-refractivity contribution >= 4 is 56.3 Å². The van der Waals surface area contributed by atoms with Crippen LogP contribution in [0.3, 0.4) is 0 Å². The van der Waals surface area contributed by atoms with E-state index in [2.05, 4.69) is 48.1 Å². The number of nitrogens with zero attached hydrogens (tertiary/aromatic N) is 2. The molecule has 0 aliphatic carbocycles. The Balaban J connectivity index is 1.80. The number of ether oxygens (including phenoxy) is 2. The van der Waals surface area contributed by atoms with Gasteiger partial charge >= 0.3 is 11.9 Å². The Labute approximate surface area is 233 Å². The number of nitrogens with one attached hydrogen (secondary N) is 2. The van der Waals surface area contributed by atoms with Gasteiger partial charge in [0, 0.05) is 34.9 Å². The predicted octanol–water partition coefficient (Wildman–Crippen LogP) is 6.70. The third-order valence-electron chi connectivity index (χ3n) is 7.69. The van der Waals surface area contributed by atoms with Gasteiger partial charge in [-0.05, 0) is 110 Å².